The van der Waals surface area contributed by atoms with Gasteiger partial charge in [0.25, 0.3) is 0 Å². The van der Waals surface area contributed by atoms with Crippen molar-refractivity contribution in [2.24, 2.45) is 35.0 Å². The minimum absolute atomic E-state index is 0.0131. The van der Waals surface area contributed by atoms with Crippen molar-refractivity contribution in [2.75, 3.05) is 44.8 Å². The zero-order valence-corrected chi connectivity index (χ0v) is 83.1. The standard InChI is InChI=1S/C98H129N25O20S2/c1-51(2)36-68-91(138)121-82(53(5)6)95(142)119-75(46-124)93(140)120-76(84(131)108-45-78(99)126)48-144-49-79(127)110-73(41-61-44-104-50-109-61)89(136)115-69(38-56-28-32-62(125)33-29-56)87(134)117-74(42-80(128)129)90(137)116-71(39-59-43-107-65-22-14-12-20-63(59)65)92(139)122-81(52(3)4)94(141)118-70(37-55-26-30-58(31-27-55)57-18-10-9-11-19-57)86(133)112-67(24-17-35-106-98(102)103)96(143)123(8)54(7)83(130)113-72(40-60-47-145-77-25-15-13-21-64(60)77)88(135)111-66(85(132)114-68)23-16-34-105-97(100)101/h9-15,18-22,25-33,43-44,47,50-54,66-76,81-82,107,124-125H,16-17,23-24,34-42,45-46,48-49H2,1-8H3,(H2,99,126)(H,104,109)(H,108,131)(H,110,127)(H,111,135)(H,112,133)(H,113,130)(H,114,132)(H,115,136)(H,116,137)(H,117,134)(H,118,141)(H,119,142)(H,120,140)(H,121,138)(H,122,139)(H,128,129)(H4,100,101,105)(H4,102,103,106)/t54-,66-,67-,68-,69-,70-,71-,72-,73-,74-,75-,76-,81-,82-/m0/s1. The number of H-pyrrole nitrogens is 2. The number of imidazole rings is 1. The van der Waals surface area contributed by atoms with Crippen molar-refractivity contribution in [1.82, 2.24) is 105 Å². The van der Waals surface area contributed by atoms with Gasteiger partial charge in [-0.3, -0.25) is 92.3 Å². The first-order valence-corrected chi connectivity index (χ1v) is 49.3. The van der Waals surface area contributed by atoms with Crippen LogP contribution in [0.4, 0.5) is 0 Å². The van der Waals surface area contributed by atoms with Crippen molar-refractivity contribution in [3.05, 3.63) is 179 Å². The summed E-state index contributed by atoms with van der Waals surface area (Å²) in [5.74, 6) is -22.4. The summed E-state index contributed by atoms with van der Waals surface area (Å²) in [4.78, 5) is 261. The zero-order chi connectivity index (χ0) is 106. The molecule has 0 unspecified atom stereocenters. The Morgan fingerprint density at radius 2 is 0.952 bits per heavy atom. The van der Waals surface area contributed by atoms with E-state index in [0.717, 1.165) is 20.7 Å². The average molecular weight is 2040 g/mol. The van der Waals surface area contributed by atoms with Crippen molar-refractivity contribution in [3.63, 3.8) is 0 Å². The highest BCUT2D eigenvalue weighted by Crippen LogP contribution is 2.29. The van der Waals surface area contributed by atoms with E-state index in [1.54, 1.807) is 106 Å². The maximum Gasteiger partial charge on any atom is 0.305 e. The number of thiophene rings is 1. The van der Waals surface area contributed by atoms with Gasteiger partial charge >= 0.3 is 5.97 Å². The Kier molecular flexibility index (Phi) is 43.0. The second-order valence-electron chi connectivity index (χ2n) is 36.3. The number of aromatic hydroxyl groups is 1. The van der Waals surface area contributed by atoms with Gasteiger partial charge in [-0.25, -0.2) is 4.98 Å². The Balaban J connectivity index is 1.13. The summed E-state index contributed by atoms with van der Waals surface area (Å²) in [6.07, 6.45) is 0.749. The number of thioether (sulfide) groups is 1. The fraction of sp³-hybridized carbons (Fsp3) is 0.429. The van der Waals surface area contributed by atoms with Gasteiger partial charge in [-0.05, 0) is 125 Å². The number of fused-ring (bicyclic) bond motifs is 2. The molecule has 9 rings (SSSR count). The van der Waals surface area contributed by atoms with E-state index in [0.29, 0.717) is 44.7 Å². The maximum atomic E-state index is 15.6. The van der Waals surface area contributed by atoms with E-state index >= 15 is 43.2 Å². The zero-order valence-electron chi connectivity index (χ0n) is 81.5. The molecule has 16 amide bonds. The Morgan fingerprint density at radius 1 is 0.490 bits per heavy atom. The monoisotopic (exact) mass is 2040 g/mol. The molecule has 47 heteroatoms. The number of amides is 16. The molecule has 1 fully saturated rings. The Morgan fingerprint density at radius 3 is 1.51 bits per heavy atom. The van der Waals surface area contributed by atoms with Gasteiger partial charge in [0.1, 0.15) is 90.3 Å². The average Bonchev–Trinajstić information content (AvgIpc) is 1.71. The Bertz CT molecular complexity index is 5890. The number of aliphatic hydroxyl groups is 1. The number of primary amides is 1. The van der Waals surface area contributed by atoms with Gasteiger partial charge in [0, 0.05) is 91.7 Å². The number of aliphatic hydroxyl groups excluding tert-OH is 1. The van der Waals surface area contributed by atoms with Crippen molar-refractivity contribution >= 4 is 156 Å². The second kappa shape index (κ2) is 55.2. The summed E-state index contributed by atoms with van der Waals surface area (Å²) in [5, 5.41) is 92.4. The summed E-state index contributed by atoms with van der Waals surface area (Å²) in [5.41, 5.74) is 20.9. The van der Waals surface area contributed by atoms with E-state index in [4.69, 9.17) is 28.0 Å². The summed E-state index contributed by atoms with van der Waals surface area (Å²) in [6, 6.07) is 12.3. The minimum Gasteiger partial charge on any atom is -0.508 e. The molecule has 0 aliphatic carbocycles. The van der Waals surface area contributed by atoms with Crippen LogP contribution in [-0.4, -0.2) is 277 Å². The molecule has 5 aromatic carbocycles. The van der Waals surface area contributed by atoms with Crippen LogP contribution < -0.4 is 102 Å². The van der Waals surface area contributed by atoms with Gasteiger partial charge in [-0.1, -0.05) is 145 Å². The number of likely N-dealkylation sites (N-methyl/N-ethyl adjacent to an activating group) is 1. The molecule has 3 aromatic heterocycles. The largest absolute Gasteiger partial charge is 0.508 e. The number of carboxylic acids is 1. The number of aromatic amines is 2. The fourth-order valence-electron chi connectivity index (χ4n) is 15.9. The van der Waals surface area contributed by atoms with Gasteiger partial charge in [0.2, 0.25) is 94.5 Å². The number of guanidine groups is 2. The number of phenolic OH excluding ortho intramolecular Hbond substituents is 1. The Labute approximate surface area is 844 Å². The quantitative estimate of drug-likeness (QED) is 0.0149. The molecule has 778 valence electrons. The van der Waals surface area contributed by atoms with Crippen molar-refractivity contribution in [3.8, 4) is 16.9 Å². The fourth-order valence-corrected chi connectivity index (χ4v) is 17.8. The van der Waals surface area contributed by atoms with Crippen LogP contribution in [0.5, 0.6) is 5.75 Å². The number of carbonyl (C=O) groups is 17. The van der Waals surface area contributed by atoms with Crippen LogP contribution in [0.3, 0.4) is 0 Å². The third kappa shape index (κ3) is 34.9. The Hall–Kier alpha value is -15.6. The smallest absolute Gasteiger partial charge is 0.305 e. The van der Waals surface area contributed by atoms with Gasteiger partial charge in [-0.2, -0.15) is 0 Å². The number of para-hydroxylation sites is 1. The molecule has 45 nitrogen and oxygen atoms in total. The van der Waals surface area contributed by atoms with Crippen molar-refractivity contribution in [1.29, 1.82) is 10.8 Å². The number of carbonyl (C=O) groups excluding carboxylic acids is 16. The number of aromatic nitrogens is 3. The molecule has 0 radical (unpaired) electrons. The highest BCUT2D eigenvalue weighted by Gasteiger charge is 2.42. The van der Waals surface area contributed by atoms with Crippen LogP contribution in [0.2, 0.25) is 0 Å². The van der Waals surface area contributed by atoms with Crippen LogP contribution in [0.25, 0.3) is 32.1 Å². The van der Waals surface area contributed by atoms with Crippen LogP contribution in [0.15, 0.2) is 151 Å². The summed E-state index contributed by atoms with van der Waals surface area (Å²) >= 11 is 2.02. The number of nitrogens with one attached hydrogen (secondary N) is 20. The third-order valence-electron chi connectivity index (χ3n) is 23.9. The molecular formula is C98H129N25O20S2. The number of hydrogen-bond acceptors (Lipinski definition) is 24. The lowest BCUT2D eigenvalue weighted by molar-refractivity contribution is -0.142. The summed E-state index contributed by atoms with van der Waals surface area (Å²) in [7, 11) is 1.27. The van der Waals surface area contributed by atoms with Crippen molar-refractivity contribution in [2.45, 2.75) is 204 Å². The number of nitrogens with two attached hydrogens (primary N) is 3. The second-order valence-corrected chi connectivity index (χ2v) is 38.3. The highest BCUT2D eigenvalue weighted by atomic mass is 32.2. The lowest BCUT2D eigenvalue weighted by atomic mass is 9.98. The number of rotatable bonds is 29. The topological polar surface area (TPSA) is 717 Å². The van der Waals surface area contributed by atoms with E-state index in [9.17, 15) is 53.7 Å². The molecule has 1 saturated heterocycles. The maximum absolute atomic E-state index is 15.6. The van der Waals surface area contributed by atoms with Gasteiger partial charge in [0.15, 0.2) is 11.9 Å². The van der Waals surface area contributed by atoms with Crippen LogP contribution in [0.1, 0.15) is 115 Å². The normalized spacial score (nSPS) is 22.3. The van der Waals surface area contributed by atoms with E-state index in [2.05, 4.69) is 100 Å². The third-order valence-corrected chi connectivity index (χ3v) is 25.9. The van der Waals surface area contributed by atoms with Crippen LogP contribution >= 0.6 is 23.1 Å². The molecule has 0 bridgehead atoms. The molecule has 0 saturated carbocycles. The molecule has 1 aliphatic rings. The van der Waals surface area contributed by atoms with E-state index in [1.165, 1.54) is 75.9 Å². The van der Waals surface area contributed by atoms with Gasteiger partial charge in [0.05, 0.1) is 31.7 Å². The predicted octanol–water partition coefficient (Wildman–Crippen LogP) is -1.16. The van der Waals surface area contributed by atoms with Crippen LogP contribution in [-0.2, 0) is 114 Å². The van der Waals surface area contributed by atoms with Gasteiger partial charge in [-0.15, -0.1) is 23.1 Å². The molecule has 29 N–H and O–H groups in total. The first-order chi connectivity index (χ1) is 69.0. The first-order valence-electron chi connectivity index (χ1n) is 47.3. The van der Waals surface area contributed by atoms with E-state index in [1.807, 2.05) is 36.4 Å². The molecule has 1 aliphatic heterocycles. The molecule has 145 heavy (non-hydrogen) atoms. The highest BCUT2D eigenvalue weighted by molar-refractivity contribution is 8.00. The lowest BCUT2D eigenvalue weighted by Crippen LogP contribution is -2.62. The number of hydrogen-bond donors (Lipinski definition) is 26. The lowest BCUT2D eigenvalue weighted by Gasteiger charge is -2.32. The van der Waals surface area contributed by atoms with Crippen LogP contribution in [0, 0.1) is 28.6 Å². The molecule has 14 atom stereocenters. The van der Waals surface area contributed by atoms with E-state index in [-0.39, 0.29) is 93.8 Å². The number of carboxylic acid groups (broad SMARTS) is 1. The number of nitrogens with zero attached hydrogens (tertiary/aromatic N) is 2. The van der Waals surface area contributed by atoms with E-state index < -0.39 is 246 Å². The SMILES string of the molecule is CC(C)C[C@@H]1NC(=O)[C@H](CCCNC(=N)N)NC(=O)[C@H](Cc2csc3ccccc23)NC(=O)[C@H](C)N(C)C(=O)[C@H](CCCNC(=N)N)NC(=O)[C@H](Cc2ccc(-c3ccccc3)cc2)NC(=O)[C@H](C(C)C)NC(=O)[C@H](Cc2c[nH]c3ccccc23)NC(=O)[C@H](CC(=O)O)NC(=O)[C@H](Cc2ccc(O)cc2)NC(=O)[C@H](Cc2cnc[nH]2)NC(=O)CSC[C@@H](C(=O)NCC(N)=O)NC(=O)[C@H](CO)NC(=O)[C@H](C(C)C)NC1=O. The predicted molar refractivity (Wildman–Crippen MR) is 541 cm³/mol. The molecule has 4 heterocycles. The molecule has 8 aromatic rings. The molecular weight excluding hydrogens is 1910 g/mol. The number of phenols is 1. The first kappa shape index (κ1) is 113. The van der Waals surface area contributed by atoms with Crippen molar-refractivity contribution < 1.29 is 96.8 Å². The van der Waals surface area contributed by atoms with Gasteiger partial charge < -0.3 is 132 Å². The molecule has 0 spiro atoms. The number of aliphatic carboxylic acids is 1. The minimum atomic E-state index is -2.09. The summed E-state index contributed by atoms with van der Waals surface area (Å²) in [6.45, 7) is 9.04. The number of benzene rings is 5. The summed E-state index contributed by atoms with van der Waals surface area (Å²) < 4.78 is 0.799.